The van der Waals surface area contributed by atoms with Crippen molar-refractivity contribution >= 4 is 62.1 Å². The summed E-state index contributed by atoms with van der Waals surface area (Å²) in [7, 11) is 0. The number of hydrogen-bond donors (Lipinski definition) is 2. The van der Waals surface area contributed by atoms with Crippen LogP contribution < -0.4 is 14.9 Å². The molecule has 0 unspecified atom stereocenters. The summed E-state index contributed by atoms with van der Waals surface area (Å²) in [5.74, 6) is -5.82. The monoisotopic (exact) mass is 863 g/mol. The number of alkyl halides is 6. The normalized spacial score (nSPS) is 17.2. The Morgan fingerprint density at radius 2 is 1.74 bits per heavy atom. The average molecular weight is 864 g/mol. The van der Waals surface area contributed by atoms with Crippen molar-refractivity contribution in [3.63, 3.8) is 0 Å². The third kappa shape index (κ3) is 10.4. The lowest BCUT2D eigenvalue weighted by atomic mass is 9.89. The first-order valence-electron chi connectivity index (χ1n) is 17.8. The summed E-state index contributed by atoms with van der Waals surface area (Å²) >= 11 is 3.50. The first-order valence-corrected chi connectivity index (χ1v) is 20.4. The van der Waals surface area contributed by atoms with Gasteiger partial charge >= 0.3 is 29.2 Å². The average Bonchev–Trinajstić information content (AvgIpc) is 3.90. The molecule has 0 bridgehead atoms. The predicted molar refractivity (Wildman–Crippen MR) is 200 cm³/mol. The van der Waals surface area contributed by atoms with Crippen LogP contribution in [0.15, 0.2) is 33.8 Å². The van der Waals surface area contributed by atoms with Crippen molar-refractivity contribution < 1.29 is 54.9 Å². The standard InChI is InChI=1S/C36H39F6N5O7S3/c1-33(2,3)29-44-23(18-56-29)28(48)47-12-13-52-34(19-47)7-10-46(11-8-34)16-21-14-20(17-55-21)6-9-43-15-25(54-31(50)36(40,41)42)22-4-5-24(53-30(49)35(37,38)39)26-27(22)57-32(51)45-26/h4-5,14,17-18,25,43H,6-13,15-16,19H2,1-3H3,(H,45,51)/t25-/m0/s1. The molecule has 1 amide bonds. The fourth-order valence-corrected chi connectivity index (χ4v) is 9.34. The van der Waals surface area contributed by atoms with Crippen LogP contribution in [-0.4, -0.2) is 101 Å². The number of carbonyl (C=O) groups is 3. The number of thiophene rings is 1. The van der Waals surface area contributed by atoms with Gasteiger partial charge in [-0.1, -0.05) is 32.1 Å². The number of thiazole rings is 2. The minimum atomic E-state index is -5.35. The molecule has 2 fully saturated rings. The van der Waals surface area contributed by atoms with E-state index in [4.69, 9.17) is 9.47 Å². The lowest BCUT2D eigenvalue weighted by molar-refractivity contribution is -0.205. The van der Waals surface area contributed by atoms with Crippen LogP contribution in [0.5, 0.6) is 5.75 Å². The van der Waals surface area contributed by atoms with Crippen molar-refractivity contribution in [3.05, 3.63) is 65.3 Å². The Kier molecular flexibility index (Phi) is 12.6. The number of morpholine rings is 1. The van der Waals surface area contributed by atoms with Gasteiger partial charge in [-0.05, 0) is 54.9 Å². The topological polar surface area (TPSA) is 143 Å². The Balaban J connectivity index is 1.02. The van der Waals surface area contributed by atoms with E-state index in [9.17, 15) is 45.5 Å². The quantitative estimate of drug-likeness (QED) is 0.0758. The largest absolute Gasteiger partial charge is 0.491 e. The van der Waals surface area contributed by atoms with Gasteiger partial charge in [-0.3, -0.25) is 14.5 Å². The molecule has 3 aromatic heterocycles. The maximum atomic E-state index is 13.3. The van der Waals surface area contributed by atoms with E-state index >= 15 is 0 Å². The molecule has 310 valence electrons. The molecule has 2 aliphatic heterocycles. The highest BCUT2D eigenvalue weighted by Gasteiger charge is 2.44. The van der Waals surface area contributed by atoms with Crippen LogP contribution in [0.25, 0.3) is 10.2 Å². The SMILES string of the molecule is CC(C)(C)c1nc(C(=O)N2CCOC3(CCN(Cc4cc(CCNC[C@H](OC(=O)C(F)(F)F)c5ccc(OC(=O)C(F)(F)F)c6[nH]c(=O)sc56)cs4)CC3)C2)cs1. The summed E-state index contributed by atoms with van der Waals surface area (Å²) in [5.41, 5.74) is 0.394. The van der Waals surface area contributed by atoms with Gasteiger partial charge in [0.05, 0.1) is 28.5 Å². The molecule has 1 spiro atoms. The summed E-state index contributed by atoms with van der Waals surface area (Å²) < 4.78 is 93.5. The number of amides is 1. The van der Waals surface area contributed by atoms with Crippen molar-refractivity contribution in [2.45, 2.75) is 76.1 Å². The summed E-state index contributed by atoms with van der Waals surface area (Å²) in [5, 5.41) is 7.69. The second-order valence-corrected chi connectivity index (χ2v) is 17.7. The van der Waals surface area contributed by atoms with Gasteiger partial charge < -0.3 is 29.4 Å². The Morgan fingerprint density at radius 3 is 2.40 bits per heavy atom. The van der Waals surface area contributed by atoms with Crippen LogP contribution in [0.3, 0.4) is 0 Å². The molecule has 1 atom stereocenters. The molecule has 21 heteroatoms. The molecule has 0 saturated carbocycles. The van der Waals surface area contributed by atoms with Gasteiger partial charge in [0.25, 0.3) is 5.91 Å². The van der Waals surface area contributed by atoms with Crippen molar-refractivity contribution in [1.82, 2.24) is 25.1 Å². The zero-order valence-electron chi connectivity index (χ0n) is 30.9. The number of hydrogen-bond acceptors (Lipinski definition) is 13. The van der Waals surface area contributed by atoms with E-state index in [1.807, 2.05) is 21.7 Å². The Bertz CT molecular complexity index is 2150. The van der Waals surface area contributed by atoms with E-state index in [-0.39, 0.29) is 40.2 Å². The van der Waals surface area contributed by atoms with Gasteiger partial charge in [-0.2, -0.15) is 26.3 Å². The minimum absolute atomic E-state index is 0.0765. The van der Waals surface area contributed by atoms with Crippen LogP contribution in [0.4, 0.5) is 26.3 Å². The molecule has 57 heavy (non-hydrogen) atoms. The molecule has 2 N–H and O–H groups in total. The smallest absolute Gasteiger partial charge is 0.449 e. The molecule has 2 aliphatic rings. The fourth-order valence-electron chi connectivity index (χ4n) is 6.58. The molecular weight excluding hydrogens is 825 g/mol. The zero-order valence-corrected chi connectivity index (χ0v) is 33.4. The molecule has 0 aliphatic carbocycles. The lowest BCUT2D eigenvalue weighted by Gasteiger charge is -2.47. The van der Waals surface area contributed by atoms with E-state index in [1.54, 1.807) is 11.3 Å². The predicted octanol–water partition coefficient (Wildman–Crippen LogP) is 6.36. The van der Waals surface area contributed by atoms with Crippen LogP contribution in [0, 0.1) is 0 Å². The van der Waals surface area contributed by atoms with E-state index in [0.717, 1.165) is 53.5 Å². The number of nitrogens with zero attached hydrogens (tertiary/aromatic N) is 3. The minimum Gasteiger partial charge on any atom is -0.449 e. The van der Waals surface area contributed by atoms with Crippen molar-refractivity contribution in [2.24, 2.45) is 0 Å². The number of benzene rings is 1. The molecule has 12 nitrogen and oxygen atoms in total. The van der Waals surface area contributed by atoms with Crippen molar-refractivity contribution in [3.8, 4) is 5.75 Å². The number of carbonyl (C=O) groups excluding carboxylic acids is 3. The summed E-state index contributed by atoms with van der Waals surface area (Å²) in [6.45, 7) is 9.83. The molecule has 1 aromatic carbocycles. The number of halogens is 6. The number of piperidine rings is 1. The number of fused-ring (bicyclic) bond motifs is 1. The maximum Gasteiger partial charge on any atom is 0.491 e. The van der Waals surface area contributed by atoms with Gasteiger partial charge in [0.1, 0.15) is 17.3 Å². The number of aromatic nitrogens is 2. The second kappa shape index (κ2) is 16.8. The molecular formula is C36H39F6N5O7S3. The molecule has 6 rings (SSSR count). The molecule has 4 aromatic rings. The van der Waals surface area contributed by atoms with E-state index in [0.29, 0.717) is 49.7 Å². The van der Waals surface area contributed by atoms with Gasteiger partial charge in [-0.25, -0.2) is 14.6 Å². The zero-order chi connectivity index (χ0) is 41.3. The summed E-state index contributed by atoms with van der Waals surface area (Å²) in [4.78, 5) is 60.2. The number of esters is 2. The Labute approximate surface area is 334 Å². The molecule has 0 radical (unpaired) electrons. The molecule has 5 heterocycles. The van der Waals surface area contributed by atoms with E-state index in [1.165, 1.54) is 11.3 Å². The third-order valence-electron chi connectivity index (χ3n) is 9.51. The van der Waals surface area contributed by atoms with E-state index in [2.05, 4.69) is 45.7 Å². The van der Waals surface area contributed by atoms with Crippen molar-refractivity contribution in [2.75, 3.05) is 45.9 Å². The van der Waals surface area contributed by atoms with Crippen molar-refractivity contribution in [1.29, 1.82) is 0 Å². The van der Waals surface area contributed by atoms with Gasteiger partial charge in [-0.15, -0.1) is 22.7 Å². The number of nitrogens with one attached hydrogen (secondary N) is 2. The second-order valence-electron chi connectivity index (χ2n) is 14.8. The lowest BCUT2D eigenvalue weighted by Crippen LogP contribution is -2.57. The first-order chi connectivity index (χ1) is 26.7. The number of H-pyrrole nitrogens is 1. The molecule has 2 saturated heterocycles. The van der Waals surface area contributed by atoms with Crippen LogP contribution in [0.2, 0.25) is 0 Å². The fraction of sp³-hybridized carbons (Fsp3) is 0.528. The number of ether oxygens (including phenoxy) is 3. The highest BCUT2D eigenvalue weighted by Crippen LogP contribution is 2.36. The van der Waals surface area contributed by atoms with Crippen LogP contribution in [0.1, 0.15) is 71.2 Å². The summed E-state index contributed by atoms with van der Waals surface area (Å²) in [6.07, 6.45) is -10.3. The number of rotatable bonds is 11. The highest BCUT2D eigenvalue weighted by atomic mass is 32.1. The van der Waals surface area contributed by atoms with Gasteiger partial charge in [0, 0.05) is 54.0 Å². The Morgan fingerprint density at radius 1 is 1.02 bits per heavy atom. The van der Waals surface area contributed by atoms with Crippen LogP contribution >= 0.6 is 34.0 Å². The number of likely N-dealkylation sites (tertiary alicyclic amines) is 1. The van der Waals surface area contributed by atoms with Gasteiger partial charge in [0.2, 0.25) is 0 Å². The van der Waals surface area contributed by atoms with Gasteiger partial charge in [0.15, 0.2) is 5.75 Å². The van der Waals surface area contributed by atoms with E-state index < -0.39 is 46.6 Å². The summed E-state index contributed by atoms with van der Waals surface area (Å²) in [6, 6.07) is 3.95. The highest BCUT2D eigenvalue weighted by molar-refractivity contribution is 7.16. The number of aromatic amines is 1. The maximum absolute atomic E-state index is 13.3. The van der Waals surface area contributed by atoms with Crippen LogP contribution in [-0.2, 0) is 37.4 Å². The first kappa shape index (κ1) is 42.7. The Hall–Kier alpha value is -3.89. The third-order valence-corrected chi connectivity index (χ3v) is 12.7.